The summed E-state index contributed by atoms with van der Waals surface area (Å²) in [6.07, 6.45) is 4.09. The fourth-order valence-electron chi connectivity index (χ4n) is 2.84. The van der Waals surface area contributed by atoms with Crippen LogP contribution in [0.4, 0.5) is 0 Å². The van der Waals surface area contributed by atoms with Gasteiger partial charge in [0.15, 0.2) is 0 Å². The van der Waals surface area contributed by atoms with Crippen molar-refractivity contribution in [1.29, 1.82) is 0 Å². The Morgan fingerprint density at radius 3 is 2.37 bits per heavy atom. The van der Waals surface area contributed by atoms with E-state index >= 15 is 0 Å². The van der Waals surface area contributed by atoms with Gasteiger partial charge in [0.1, 0.15) is 11.5 Å². The lowest BCUT2D eigenvalue weighted by Crippen LogP contribution is -2.27. The van der Waals surface area contributed by atoms with E-state index in [4.69, 9.17) is 5.73 Å². The highest BCUT2D eigenvalue weighted by atomic mass is 16.3. The lowest BCUT2D eigenvalue weighted by atomic mass is 9.76. The second-order valence-electron chi connectivity index (χ2n) is 7.82. The number of benzene rings is 1. The van der Waals surface area contributed by atoms with Gasteiger partial charge in [0.2, 0.25) is 0 Å². The van der Waals surface area contributed by atoms with Gasteiger partial charge in [-0.15, -0.1) is 0 Å². The molecule has 0 saturated heterocycles. The van der Waals surface area contributed by atoms with Crippen LogP contribution < -0.4 is 5.73 Å². The van der Waals surface area contributed by atoms with Gasteiger partial charge in [-0.3, -0.25) is 0 Å². The van der Waals surface area contributed by atoms with Gasteiger partial charge < -0.3 is 21.1 Å². The number of phenols is 1. The molecule has 27 heavy (non-hydrogen) atoms. The molecule has 0 fully saturated rings. The molecule has 4 nitrogen and oxygen atoms in total. The van der Waals surface area contributed by atoms with E-state index in [-0.39, 0.29) is 29.4 Å². The number of nitrogens with two attached hydrogens (primary N) is 1. The summed E-state index contributed by atoms with van der Waals surface area (Å²) in [5, 5.41) is 29.5. The number of aromatic hydroxyl groups is 1. The predicted molar refractivity (Wildman–Crippen MR) is 113 cm³/mol. The Hall–Kier alpha value is -2.46. The van der Waals surface area contributed by atoms with Crippen molar-refractivity contribution in [1.82, 2.24) is 0 Å². The van der Waals surface area contributed by atoms with E-state index in [2.05, 4.69) is 20.1 Å². The summed E-state index contributed by atoms with van der Waals surface area (Å²) < 4.78 is 0. The largest absolute Gasteiger partial charge is 0.508 e. The molecule has 0 heterocycles. The summed E-state index contributed by atoms with van der Waals surface area (Å²) in [5.41, 5.74) is 10.1. The summed E-state index contributed by atoms with van der Waals surface area (Å²) in [6, 6.07) is 3.59. The van der Waals surface area contributed by atoms with E-state index in [9.17, 15) is 15.3 Å². The third kappa shape index (κ3) is 5.51. The minimum absolute atomic E-state index is 0.0724. The van der Waals surface area contributed by atoms with Crippen molar-refractivity contribution in [2.45, 2.75) is 41.0 Å². The zero-order valence-corrected chi connectivity index (χ0v) is 17.1. The maximum atomic E-state index is 10.2. The highest BCUT2D eigenvalue weighted by Crippen LogP contribution is 2.33. The van der Waals surface area contributed by atoms with Crippen LogP contribution in [0.3, 0.4) is 0 Å². The molecule has 5 N–H and O–H groups in total. The van der Waals surface area contributed by atoms with Crippen molar-refractivity contribution in [2.24, 2.45) is 17.1 Å². The number of aryl methyl sites for hydroxylation is 1. The van der Waals surface area contributed by atoms with Crippen LogP contribution in [0.15, 0.2) is 54.3 Å². The van der Waals surface area contributed by atoms with Gasteiger partial charge in [-0.2, -0.15) is 0 Å². The fraction of sp³-hybridized carbons (Fsp3) is 0.391. The molecule has 0 radical (unpaired) electrons. The zero-order chi connectivity index (χ0) is 20.9. The van der Waals surface area contributed by atoms with Crippen molar-refractivity contribution < 1.29 is 15.3 Å². The molecule has 1 atom stereocenters. The van der Waals surface area contributed by atoms with E-state index in [1.807, 2.05) is 26.8 Å². The number of hydrogen-bond donors (Lipinski definition) is 4. The minimum atomic E-state index is -0.238. The second-order valence-corrected chi connectivity index (χ2v) is 7.82. The Bertz CT molecular complexity index is 785. The lowest BCUT2D eigenvalue weighted by molar-refractivity contribution is 0.105. The Morgan fingerprint density at radius 1 is 1.30 bits per heavy atom. The molecule has 4 heteroatoms. The molecule has 0 aliphatic heterocycles. The van der Waals surface area contributed by atoms with Gasteiger partial charge in [-0.25, -0.2) is 0 Å². The maximum Gasteiger partial charge on any atom is 0.119 e. The van der Waals surface area contributed by atoms with Crippen LogP contribution in [0, 0.1) is 18.3 Å². The van der Waals surface area contributed by atoms with Crippen LogP contribution in [-0.2, 0) is 6.42 Å². The molecule has 1 rings (SSSR count). The van der Waals surface area contributed by atoms with Crippen molar-refractivity contribution in [3.63, 3.8) is 0 Å². The van der Waals surface area contributed by atoms with E-state index in [1.54, 1.807) is 25.1 Å². The Kier molecular flexibility index (Phi) is 7.49. The summed E-state index contributed by atoms with van der Waals surface area (Å²) >= 11 is 0. The molecule has 0 aliphatic carbocycles. The van der Waals surface area contributed by atoms with Crippen molar-refractivity contribution in [2.75, 3.05) is 6.61 Å². The first-order chi connectivity index (χ1) is 12.4. The maximum absolute atomic E-state index is 10.2. The molecule has 1 aromatic carbocycles. The predicted octanol–water partition coefficient (Wildman–Crippen LogP) is 4.77. The first kappa shape index (κ1) is 22.6. The van der Waals surface area contributed by atoms with E-state index < -0.39 is 0 Å². The van der Waals surface area contributed by atoms with Gasteiger partial charge >= 0.3 is 0 Å². The molecular formula is C23H33NO3. The average molecular weight is 372 g/mol. The van der Waals surface area contributed by atoms with Crippen molar-refractivity contribution in [3.05, 3.63) is 71.0 Å². The number of aliphatic hydroxyl groups is 2. The summed E-state index contributed by atoms with van der Waals surface area (Å²) in [6.45, 7) is 17.4. The molecule has 148 valence electrons. The van der Waals surface area contributed by atoms with Gasteiger partial charge in [0.05, 0.1) is 0 Å². The number of aliphatic hydroxyl groups excluding tert-OH is 2. The van der Waals surface area contributed by atoms with Crippen molar-refractivity contribution in [3.8, 4) is 5.75 Å². The van der Waals surface area contributed by atoms with Crippen molar-refractivity contribution >= 4 is 5.70 Å². The van der Waals surface area contributed by atoms with Crippen LogP contribution in [-0.4, -0.2) is 21.9 Å². The smallest absolute Gasteiger partial charge is 0.119 e. The van der Waals surface area contributed by atoms with Crippen LogP contribution in [0.1, 0.15) is 44.4 Å². The monoisotopic (exact) mass is 371 g/mol. The fourth-order valence-corrected chi connectivity index (χ4v) is 2.84. The second kappa shape index (κ2) is 8.96. The van der Waals surface area contributed by atoms with Crippen LogP contribution in [0.25, 0.3) is 5.70 Å². The molecule has 0 aliphatic rings. The zero-order valence-electron chi connectivity index (χ0n) is 17.1. The highest BCUT2D eigenvalue weighted by molar-refractivity contribution is 5.72. The topological polar surface area (TPSA) is 86.7 Å². The first-order valence-electron chi connectivity index (χ1n) is 9.09. The molecule has 1 unspecified atom stereocenters. The van der Waals surface area contributed by atoms with Crippen LogP contribution >= 0.6 is 0 Å². The number of phenolic OH excluding ortho intramolecular Hbond substituents is 1. The van der Waals surface area contributed by atoms with Gasteiger partial charge in [-0.05, 0) is 60.4 Å². The van der Waals surface area contributed by atoms with E-state index in [0.29, 0.717) is 23.3 Å². The van der Waals surface area contributed by atoms with Gasteiger partial charge in [-0.1, -0.05) is 46.1 Å². The Labute approximate surface area is 163 Å². The molecule has 0 bridgehead atoms. The molecular weight excluding hydrogens is 338 g/mol. The SMILES string of the molecule is C=C(O)/C(=C/C)C(=C)/C=C(\N)c1cc(O)c(C)cc1CC(C)C(C)(C)CO. The minimum Gasteiger partial charge on any atom is -0.508 e. The number of allylic oxidation sites excluding steroid dienone is 3. The third-order valence-corrected chi connectivity index (χ3v) is 5.28. The molecule has 0 aromatic heterocycles. The summed E-state index contributed by atoms with van der Waals surface area (Å²) in [5.74, 6) is 0.295. The van der Waals surface area contributed by atoms with Crippen LogP contribution in [0.5, 0.6) is 5.75 Å². The molecule has 0 saturated carbocycles. The Morgan fingerprint density at radius 2 is 1.89 bits per heavy atom. The number of hydrogen-bond acceptors (Lipinski definition) is 4. The third-order valence-electron chi connectivity index (χ3n) is 5.28. The van der Waals surface area contributed by atoms with Crippen LogP contribution in [0.2, 0.25) is 0 Å². The molecule has 0 amide bonds. The molecule has 0 spiro atoms. The average Bonchev–Trinajstić information content (AvgIpc) is 2.57. The van der Waals surface area contributed by atoms with E-state index in [0.717, 1.165) is 16.7 Å². The summed E-state index contributed by atoms with van der Waals surface area (Å²) in [4.78, 5) is 0. The first-order valence-corrected chi connectivity index (χ1v) is 9.09. The van der Waals surface area contributed by atoms with E-state index in [1.165, 1.54) is 0 Å². The number of rotatable bonds is 8. The standard InChI is InChI=1S/C23H33NO3/c1-8-19(17(5)26)14(2)10-21(24)20-12-22(27)15(3)9-18(20)11-16(4)23(6,7)13-25/h8-10,12,16,25-27H,2,5,11,13,24H2,1,3-4,6-7H3/b19-8+,21-10-. The quantitative estimate of drug-likeness (QED) is 0.391. The highest BCUT2D eigenvalue weighted by Gasteiger charge is 2.26. The molecule has 1 aromatic rings. The Balaban J connectivity index is 3.38. The van der Waals surface area contributed by atoms with Gasteiger partial charge in [0.25, 0.3) is 0 Å². The lowest BCUT2D eigenvalue weighted by Gasteiger charge is -2.30. The summed E-state index contributed by atoms with van der Waals surface area (Å²) in [7, 11) is 0. The van der Waals surface area contributed by atoms with Gasteiger partial charge in [0, 0.05) is 23.4 Å². The normalized spacial score (nSPS) is 14.1.